The molecule has 0 radical (unpaired) electrons. The van der Waals surface area contributed by atoms with Crippen molar-refractivity contribution in [3.8, 4) is 5.75 Å². The van der Waals surface area contributed by atoms with Crippen molar-refractivity contribution in [1.82, 2.24) is 9.88 Å². The molecule has 0 unspecified atom stereocenters. The SMILES string of the molecule is COc1ccc2nccc(C(=O)CC[C@@H]3CCN(CCCc4ccccc4)C[C@@H]3C(=O)O)c2c1. The lowest BCUT2D eigenvalue weighted by Crippen LogP contribution is -2.44. The lowest BCUT2D eigenvalue weighted by Gasteiger charge is -2.36. The van der Waals surface area contributed by atoms with Crippen LogP contribution >= 0.6 is 0 Å². The van der Waals surface area contributed by atoms with Crippen molar-refractivity contribution in [2.75, 3.05) is 26.7 Å². The lowest BCUT2D eigenvalue weighted by molar-refractivity contribution is -0.146. The fraction of sp³-hybridized carbons (Fsp3) is 0.393. The molecular formula is C28H32N2O4. The van der Waals surface area contributed by atoms with Gasteiger partial charge in [-0.05, 0) is 74.5 Å². The Balaban J connectivity index is 1.34. The van der Waals surface area contributed by atoms with Crippen LogP contribution in [0.15, 0.2) is 60.8 Å². The second kappa shape index (κ2) is 11.3. The third-order valence-corrected chi connectivity index (χ3v) is 6.93. The number of aliphatic carboxylic acids is 1. The Morgan fingerprint density at radius 2 is 1.97 bits per heavy atom. The number of pyridine rings is 1. The summed E-state index contributed by atoms with van der Waals surface area (Å²) in [5, 5.41) is 10.7. The Morgan fingerprint density at radius 3 is 2.74 bits per heavy atom. The number of benzene rings is 2. The highest BCUT2D eigenvalue weighted by atomic mass is 16.5. The molecule has 0 saturated carbocycles. The maximum atomic E-state index is 13.1. The predicted molar refractivity (Wildman–Crippen MR) is 132 cm³/mol. The van der Waals surface area contributed by atoms with E-state index < -0.39 is 11.9 Å². The Bertz CT molecular complexity index is 1130. The molecular weight excluding hydrogens is 428 g/mol. The van der Waals surface area contributed by atoms with Crippen molar-refractivity contribution in [3.63, 3.8) is 0 Å². The minimum atomic E-state index is -0.760. The van der Waals surface area contributed by atoms with Gasteiger partial charge in [-0.15, -0.1) is 0 Å². The number of aromatic nitrogens is 1. The van der Waals surface area contributed by atoms with E-state index in [4.69, 9.17) is 4.74 Å². The van der Waals surface area contributed by atoms with Crippen LogP contribution in [0.1, 0.15) is 41.6 Å². The number of hydrogen-bond donors (Lipinski definition) is 1. The summed E-state index contributed by atoms with van der Waals surface area (Å²) in [6.45, 7) is 2.33. The number of fused-ring (bicyclic) bond motifs is 1. The molecule has 1 fully saturated rings. The van der Waals surface area contributed by atoms with Crippen LogP contribution in [0, 0.1) is 11.8 Å². The molecule has 2 aromatic carbocycles. The van der Waals surface area contributed by atoms with E-state index >= 15 is 0 Å². The second-order valence-corrected chi connectivity index (χ2v) is 9.09. The first-order valence-corrected chi connectivity index (χ1v) is 12.0. The van der Waals surface area contributed by atoms with Gasteiger partial charge in [-0.1, -0.05) is 30.3 Å². The van der Waals surface area contributed by atoms with Crippen LogP contribution in [0.3, 0.4) is 0 Å². The zero-order valence-electron chi connectivity index (χ0n) is 19.7. The number of rotatable bonds is 10. The first-order valence-electron chi connectivity index (χ1n) is 12.0. The molecule has 6 heteroatoms. The maximum absolute atomic E-state index is 13.1. The molecule has 1 saturated heterocycles. The third kappa shape index (κ3) is 5.81. The minimum absolute atomic E-state index is 0.00876. The molecule has 1 N–H and O–H groups in total. The summed E-state index contributed by atoms with van der Waals surface area (Å²) in [4.78, 5) is 31.7. The topological polar surface area (TPSA) is 79.7 Å². The predicted octanol–water partition coefficient (Wildman–Crippen LogP) is 4.86. The molecule has 4 rings (SSSR count). The standard InChI is InChI=1S/C28H32N2O4/c1-34-22-10-11-26-24(18-22)23(13-15-29-26)27(31)12-9-21-14-17-30(19-25(21)28(32)33)16-5-8-20-6-3-2-4-7-20/h2-4,6-7,10-11,13,15,18,21,25H,5,8-9,12,14,16-17,19H2,1H3,(H,32,33)/t21-,25+/m1/s1. The molecule has 0 bridgehead atoms. The number of hydrogen-bond acceptors (Lipinski definition) is 5. The number of nitrogens with zero attached hydrogens (tertiary/aromatic N) is 2. The normalized spacial score (nSPS) is 18.6. The molecule has 1 aliphatic rings. The van der Waals surface area contributed by atoms with Crippen LogP contribution in [0.25, 0.3) is 10.9 Å². The Morgan fingerprint density at radius 1 is 1.15 bits per heavy atom. The van der Waals surface area contributed by atoms with Crippen LogP contribution < -0.4 is 4.74 Å². The Kier molecular flexibility index (Phi) is 7.91. The van der Waals surface area contributed by atoms with Gasteiger partial charge in [-0.2, -0.15) is 0 Å². The van der Waals surface area contributed by atoms with Crippen molar-refractivity contribution in [2.24, 2.45) is 11.8 Å². The lowest BCUT2D eigenvalue weighted by atomic mass is 9.81. The first kappa shape index (κ1) is 23.9. The molecule has 1 aromatic heterocycles. The minimum Gasteiger partial charge on any atom is -0.497 e. The number of carboxylic acid groups (broad SMARTS) is 1. The molecule has 2 heterocycles. The van der Waals surface area contributed by atoms with Gasteiger partial charge in [0, 0.05) is 30.1 Å². The smallest absolute Gasteiger partial charge is 0.308 e. The highest BCUT2D eigenvalue weighted by Crippen LogP contribution is 2.30. The zero-order valence-corrected chi connectivity index (χ0v) is 19.7. The largest absolute Gasteiger partial charge is 0.497 e. The van der Waals surface area contributed by atoms with Crippen molar-refractivity contribution in [1.29, 1.82) is 0 Å². The summed E-state index contributed by atoms with van der Waals surface area (Å²) >= 11 is 0. The molecule has 0 amide bonds. The van der Waals surface area contributed by atoms with Gasteiger partial charge >= 0.3 is 5.97 Å². The van der Waals surface area contributed by atoms with Gasteiger partial charge in [0.05, 0.1) is 18.5 Å². The summed E-state index contributed by atoms with van der Waals surface area (Å²) in [5.74, 6) is -0.485. The van der Waals surface area contributed by atoms with E-state index in [-0.39, 0.29) is 11.7 Å². The van der Waals surface area contributed by atoms with Crippen molar-refractivity contribution < 1.29 is 19.4 Å². The van der Waals surface area contributed by atoms with Crippen LogP contribution in [0.2, 0.25) is 0 Å². The van der Waals surface area contributed by atoms with Gasteiger partial charge in [-0.25, -0.2) is 0 Å². The molecule has 0 aliphatic carbocycles. The fourth-order valence-electron chi connectivity index (χ4n) is 4.99. The van der Waals surface area contributed by atoms with E-state index in [1.54, 1.807) is 19.4 Å². The van der Waals surface area contributed by atoms with E-state index in [0.29, 0.717) is 30.7 Å². The van der Waals surface area contributed by atoms with Crippen molar-refractivity contribution in [2.45, 2.75) is 32.1 Å². The number of carbonyl (C=O) groups is 2. The first-order chi connectivity index (χ1) is 16.5. The molecule has 1 aliphatic heterocycles. The van der Waals surface area contributed by atoms with E-state index in [1.807, 2.05) is 36.4 Å². The molecule has 3 aromatic rings. The Labute approximate surface area is 200 Å². The van der Waals surface area contributed by atoms with Gasteiger partial charge in [0.25, 0.3) is 0 Å². The van der Waals surface area contributed by atoms with Crippen molar-refractivity contribution >= 4 is 22.7 Å². The molecule has 34 heavy (non-hydrogen) atoms. The highest BCUT2D eigenvalue weighted by molar-refractivity contribution is 6.07. The van der Waals surface area contributed by atoms with E-state index in [0.717, 1.165) is 43.3 Å². The number of likely N-dealkylation sites (tertiary alicyclic amines) is 1. The van der Waals surface area contributed by atoms with Crippen LogP contribution in [-0.2, 0) is 11.2 Å². The number of methoxy groups -OCH3 is 1. The van der Waals surface area contributed by atoms with E-state index in [2.05, 4.69) is 22.0 Å². The van der Waals surface area contributed by atoms with Crippen molar-refractivity contribution in [3.05, 3.63) is 71.9 Å². The molecule has 6 nitrogen and oxygen atoms in total. The summed E-state index contributed by atoms with van der Waals surface area (Å²) in [7, 11) is 1.60. The molecule has 2 atom stereocenters. The summed E-state index contributed by atoms with van der Waals surface area (Å²) < 4.78 is 5.31. The van der Waals surface area contributed by atoms with Gasteiger partial charge in [-0.3, -0.25) is 14.6 Å². The second-order valence-electron chi connectivity index (χ2n) is 9.09. The average molecular weight is 461 g/mol. The number of Topliss-reactive ketones (excluding diaryl/α,β-unsaturated/α-hetero) is 1. The average Bonchev–Trinajstić information content (AvgIpc) is 2.87. The van der Waals surface area contributed by atoms with E-state index in [9.17, 15) is 14.7 Å². The number of ketones is 1. The summed E-state index contributed by atoms with van der Waals surface area (Å²) in [5.41, 5.74) is 2.68. The molecule has 0 spiro atoms. The molecule has 178 valence electrons. The maximum Gasteiger partial charge on any atom is 0.308 e. The number of carboxylic acids is 1. The zero-order chi connectivity index (χ0) is 23.9. The van der Waals surface area contributed by atoms with Gasteiger partial charge in [0.2, 0.25) is 0 Å². The number of aryl methyl sites for hydroxylation is 1. The number of carbonyl (C=O) groups excluding carboxylic acids is 1. The van der Waals surface area contributed by atoms with E-state index in [1.165, 1.54) is 5.56 Å². The number of piperidine rings is 1. The van der Waals surface area contributed by atoms with Crippen LogP contribution in [0.5, 0.6) is 5.75 Å². The number of ether oxygens (including phenoxy) is 1. The summed E-state index contributed by atoms with van der Waals surface area (Å²) in [6.07, 6.45) is 5.38. The third-order valence-electron chi connectivity index (χ3n) is 6.93. The Hall–Kier alpha value is -3.25. The quantitative estimate of drug-likeness (QED) is 0.435. The van der Waals surface area contributed by atoms with Gasteiger partial charge in [0.1, 0.15) is 5.75 Å². The fourth-order valence-corrected chi connectivity index (χ4v) is 4.99. The monoisotopic (exact) mass is 460 g/mol. The highest BCUT2D eigenvalue weighted by Gasteiger charge is 2.34. The summed E-state index contributed by atoms with van der Waals surface area (Å²) in [6, 6.07) is 17.6. The van der Waals surface area contributed by atoms with Gasteiger partial charge in [0.15, 0.2) is 5.78 Å². The van der Waals surface area contributed by atoms with Crippen LogP contribution in [0.4, 0.5) is 0 Å². The van der Waals surface area contributed by atoms with Gasteiger partial charge < -0.3 is 14.7 Å². The van der Waals surface area contributed by atoms with Crippen LogP contribution in [-0.4, -0.2) is 53.5 Å².